The fourth-order valence-electron chi connectivity index (χ4n) is 3.19. The first-order chi connectivity index (χ1) is 13.8. The summed E-state index contributed by atoms with van der Waals surface area (Å²) in [5.74, 6) is -1.13. The molecular weight excluding hydrogens is 366 g/mol. The fraction of sp³-hybridized carbons (Fsp3) is 0.348. The zero-order chi connectivity index (χ0) is 21.4. The quantitative estimate of drug-likeness (QED) is 0.635. The number of aliphatic imine (C=N–C) groups is 1. The van der Waals surface area contributed by atoms with Crippen LogP contribution in [-0.4, -0.2) is 52.8 Å². The summed E-state index contributed by atoms with van der Waals surface area (Å²) in [6.07, 6.45) is 0. The predicted molar refractivity (Wildman–Crippen MR) is 117 cm³/mol. The molecule has 0 spiro atoms. The van der Waals surface area contributed by atoms with Crippen molar-refractivity contribution in [2.24, 2.45) is 4.99 Å². The summed E-state index contributed by atoms with van der Waals surface area (Å²) in [6.45, 7) is 8.18. The largest absolute Gasteiger partial charge is 0.480 e. The molecule has 2 aromatic rings. The van der Waals surface area contributed by atoms with Crippen molar-refractivity contribution in [1.82, 2.24) is 4.90 Å². The van der Waals surface area contributed by atoms with Gasteiger partial charge in [-0.25, -0.2) is 0 Å². The summed E-state index contributed by atoms with van der Waals surface area (Å²) < 4.78 is 0. The molecule has 1 amide bonds. The molecule has 0 radical (unpaired) electrons. The van der Waals surface area contributed by atoms with E-state index >= 15 is 0 Å². The van der Waals surface area contributed by atoms with Crippen molar-refractivity contribution < 1.29 is 14.7 Å². The third-order valence-electron chi connectivity index (χ3n) is 4.53. The Morgan fingerprint density at radius 2 is 1.55 bits per heavy atom. The molecule has 0 bridgehead atoms. The van der Waals surface area contributed by atoms with Gasteiger partial charge < -0.3 is 10.4 Å². The zero-order valence-electron chi connectivity index (χ0n) is 17.4. The van der Waals surface area contributed by atoms with Crippen LogP contribution >= 0.6 is 0 Å². The number of para-hydroxylation sites is 1. The van der Waals surface area contributed by atoms with E-state index in [-0.39, 0.29) is 31.1 Å². The van der Waals surface area contributed by atoms with Crippen LogP contribution in [0.1, 0.15) is 38.8 Å². The third-order valence-corrected chi connectivity index (χ3v) is 4.53. The molecule has 2 rings (SSSR count). The molecule has 0 unspecified atom stereocenters. The molecular formula is C23H29N3O3. The van der Waals surface area contributed by atoms with E-state index in [4.69, 9.17) is 5.11 Å². The SMILES string of the molecule is CC(C)N(CC(=O)Nc1ccccc1C(=NCC(=O)O)c1ccccc1)C(C)C. The summed E-state index contributed by atoms with van der Waals surface area (Å²) in [6, 6.07) is 17.2. The Morgan fingerprint density at radius 1 is 0.966 bits per heavy atom. The second-order valence-electron chi connectivity index (χ2n) is 7.38. The van der Waals surface area contributed by atoms with Gasteiger partial charge in [0.2, 0.25) is 5.91 Å². The van der Waals surface area contributed by atoms with E-state index in [0.717, 1.165) is 5.56 Å². The van der Waals surface area contributed by atoms with Crippen LogP contribution < -0.4 is 5.32 Å². The van der Waals surface area contributed by atoms with Gasteiger partial charge in [-0.15, -0.1) is 0 Å². The molecule has 2 aromatic carbocycles. The normalized spacial score (nSPS) is 11.9. The van der Waals surface area contributed by atoms with Crippen LogP contribution in [0.3, 0.4) is 0 Å². The highest BCUT2D eigenvalue weighted by Crippen LogP contribution is 2.21. The maximum Gasteiger partial charge on any atom is 0.325 e. The number of carboxylic acids is 1. The number of anilines is 1. The number of benzene rings is 2. The molecule has 0 heterocycles. The highest BCUT2D eigenvalue weighted by Gasteiger charge is 2.19. The minimum absolute atomic E-state index is 0.120. The number of aliphatic carboxylic acids is 1. The van der Waals surface area contributed by atoms with Gasteiger partial charge in [0.1, 0.15) is 6.54 Å². The number of hydrogen-bond acceptors (Lipinski definition) is 4. The highest BCUT2D eigenvalue weighted by atomic mass is 16.4. The monoisotopic (exact) mass is 395 g/mol. The van der Waals surface area contributed by atoms with Crippen LogP contribution in [0, 0.1) is 0 Å². The third kappa shape index (κ3) is 6.54. The molecule has 6 nitrogen and oxygen atoms in total. The molecule has 0 saturated heterocycles. The summed E-state index contributed by atoms with van der Waals surface area (Å²) in [4.78, 5) is 30.2. The number of nitrogens with one attached hydrogen (secondary N) is 1. The van der Waals surface area contributed by atoms with E-state index in [9.17, 15) is 9.59 Å². The zero-order valence-corrected chi connectivity index (χ0v) is 17.4. The maximum absolute atomic E-state index is 12.7. The van der Waals surface area contributed by atoms with Crippen molar-refractivity contribution >= 4 is 23.3 Å². The van der Waals surface area contributed by atoms with Crippen molar-refractivity contribution in [2.45, 2.75) is 39.8 Å². The van der Waals surface area contributed by atoms with E-state index < -0.39 is 5.97 Å². The Morgan fingerprint density at radius 3 is 2.14 bits per heavy atom. The van der Waals surface area contributed by atoms with Crippen LogP contribution in [0.4, 0.5) is 5.69 Å². The van der Waals surface area contributed by atoms with Gasteiger partial charge in [-0.2, -0.15) is 0 Å². The molecule has 0 aliphatic rings. The maximum atomic E-state index is 12.7. The Labute approximate surface area is 172 Å². The average Bonchev–Trinajstić information content (AvgIpc) is 2.67. The van der Waals surface area contributed by atoms with Gasteiger partial charge >= 0.3 is 5.97 Å². The first-order valence-electron chi connectivity index (χ1n) is 9.76. The van der Waals surface area contributed by atoms with Crippen LogP contribution in [-0.2, 0) is 9.59 Å². The van der Waals surface area contributed by atoms with E-state index in [1.165, 1.54) is 0 Å². The van der Waals surface area contributed by atoms with Gasteiger partial charge in [-0.3, -0.25) is 19.5 Å². The van der Waals surface area contributed by atoms with Crippen LogP contribution in [0.15, 0.2) is 59.6 Å². The van der Waals surface area contributed by atoms with E-state index in [1.54, 1.807) is 0 Å². The second kappa shape index (κ2) is 10.5. The summed E-state index contributed by atoms with van der Waals surface area (Å²) in [5, 5.41) is 12.1. The lowest BCUT2D eigenvalue weighted by Gasteiger charge is -2.29. The second-order valence-corrected chi connectivity index (χ2v) is 7.38. The molecule has 0 aliphatic heterocycles. The van der Waals surface area contributed by atoms with E-state index in [1.807, 2.05) is 54.6 Å². The lowest BCUT2D eigenvalue weighted by Crippen LogP contribution is -2.42. The molecule has 0 aromatic heterocycles. The Bertz CT molecular complexity index is 853. The Kier molecular flexibility index (Phi) is 8.09. The lowest BCUT2D eigenvalue weighted by atomic mass is 10.0. The van der Waals surface area contributed by atoms with Crippen molar-refractivity contribution in [3.63, 3.8) is 0 Å². The van der Waals surface area contributed by atoms with Crippen molar-refractivity contribution in [3.05, 3.63) is 65.7 Å². The topological polar surface area (TPSA) is 82.0 Å². The van der Waals surface area contributed by atoms with Crippen molar-refractivity contribution in [1.29, 1.82) is 0 Å². The number of nitrogens with zero attached hydrogens (tertiary/aromatic N) is 2. The number of hydrogen-bond donors (Lipinski definition) is 2. The summed E-state index contributed by atoms with van der Waals surface area (Å²) >= 11 is 0. The van der Waals surface area contributed by atoms with Crippen molar-refractivity contribution in [2.75, 3.05) is 18.4 Å². The van der Waals surface area contributed by atoms with Gasteiger partial charge in [-0.05, 0) is 33.8 Å². The van der Waals surface area contributed by atoms with E-state index in [2.05, 4.69) is 42.9 Å². The molecule has 0 aliphatic carbocycles. The van der Waals surface area contributed by atoms with Crippen LogP contribution in [0.2, 0.25) is 0 Å². The highest BCUT2D eigenvalue weighted by molar-refractivity contribution is 6.17. The minimum atomic E-state index is -1.01. The molecule has 2 N–H and O–H groups in total. The molecule has 29 heavy (non-hydrogen) atoms. The summed E-state index contributed by atoms with van der Waals surface area (Å²) in [7, 11) is 0. The number of carbonyl (C=O) groups is 2. The number of amides is 1. The predicted octanol–water partition coefficient (Wildman–Crippen LogP) is 3.67. The molecule has 6 heteroatoms. The lowest BCUT2D eigenvalue weighted by molar-refractivity contribution is -0.135. The smallest absolute Gasteiger partial charge is 0.325 e. The first-order valence-corrected chi connectivity index (χ1v) is 9.76. The van der Waals surface area contributed by atoms with Gasteiger partial charge in [0, 0.05) is 23.2 Å². The van der Waals surface area contributed by atoms with Crippen molar-refractivity contribution in [3.8, 4) is 0 Å². The van der Waals surface area contributed by atoms with Gasteiger partial charge in [-0.1, -0.05) is 48.5 Å². The van der Waals surface area contributed by atoms with Crippen LogP contribution in [0.25, 0.3) is 0 Å². The number of rotatable bonds is 9. The first kappa shape index (κ1) is 22.3. The number of carbonyl (C=O) groups excluding carboxylic acids is 1. The van der Waals surface area contributed by atoms with E-state index in [0.29, 0.717) is 17.0 Å². The standard InChI is InChI=1S/C23H29N3O3/c1-16(2)26(17(3)4)15-21(27)25-20-13-9-8-12-19(20)23(24-14-22(28)29)18-10-6-5-7-11-18/h5-13,16-17H,14-15H2,1-4H3,(H,25,27)(H,28,29). The van der Waals surface area contributed by atoms with Crippen LogP contribution in [0.5, 0.6) is 0 Å². The summed E-state index contributed by atoms with van der Waals surface area (Å²) in [5.41, 5.74) is 2.63. The molecule has 154 valence electrons. The van der Waals surface area contributed by atoms with Gasteiger partial charge in [0.15, 0.2) is 0 Å². The molecule has 0 saturated carbocycles. The molecule has 0 atom stereocenters. The van der Waals surface area contributed by atoms with Gasteiger partial charge in [0.25, 0.3) is 0 Å². The molecule has 0 fully saturated rings. The Hall–Kier alpha value is -2.99. The van der Waals surface area contributed by atoms with Gasteiger partial charge in [0.05, 0.1) is 17.9 Å². The Balaban J connectivity index is 2.35. The number of carboxylic acid groups (broad SMARTS) is 1. The fourth-order valence-corrected chi connectivity index (χ4v) is 3.19. The minimum Gasteiger partial charge on any atom is -0.480 e. The average molecular weight is 396 g/mol.